The van der Waals surface area contributed by atoms with Gasteiger partial charge in [-0.15, -0.1) is 0 Å². The first kappa shape index (κ1) is 10.5. The number of amides is 1. The highest BCUT2D eigenvalue weighted by atomic mass is 16.5. The van der Waals surface area contributed by atoms with E-state index in [0.29, 0.717) is 12.3 Å². The molecule has 1 saturated heterocycles. The van der Waals surface area contributed by atoms with Gasteiger partial charge in [0.05, 0.1) is 0 Å². The van der Waals surface area contributed by atoms with Gasteiger partial charge in [0.1, 0.15) is 0 Å². The highest BCUT2D eigenvalue weighted by Gasteiger charge is 2.17. The Morgan fingerprint density at radius 2 is 2.38 bits per heavy atom. The van der Waals surface area contributed by atoms with Crippen LogP contribution in [0.3, 0.4) is 0 Å². The van der Waals surface area contributed by atoms with Gasteiger partial charge in [-0.05, 0) is 32.6 Å². The average molecular weight is 185 g/mol. The van der Waals surface area contributed by atoms with Gasteiger partial charge in [0, 0.05) is 25.7 Å². The third-order valence-corrected chi connectivity index (χ3v) is 2.18. The third kappa shape index (κ3) is 4.27. The maximum atomic E-state index is 11.4. The molecular formula is C10H19NO2. The van der Waals surface area contributed by atoms with Crippen LogP contribution in [0, 0.1) is 5.92 Å². The molecule has 0 bridgehead atoms. The van der Waals surface area contributed by atoms with Gasteiger partial charge in [0.25, 0.3) is 0 Å². The highest BCUT2D eigenvalue weighted by molar-refractivity contribution is 5.76. The quantitative estimate of drug-likeness (QED) is 0.720. The lowest BCUT2D eigenvalue weighted by Crippen LogP contribution is -2.33. The number of hydrogen-bond acceptors (Lipinski definition) is 2. The van der Waals surface area contributed by atoms with Gasteiger partial charge in [0.2, 0.25) is 5.91 Å². The largest absolute Gasteiger partial charge is 0.381 e. The molecule has 1 heterocycles. The van der Waals surface area contributed by atoms with Gasteiger partial charge in [0.15, 0.2) is 0 Å². The highest BCUT2D eigenvalue weighted by Crippen LogP contribution is 2.16. The molecule has 0 spiro atoms. The van der Waals surface area contributed by atoms with Crippen LogP contribution in [0.15, 0.2) is 0 Å². The fraction of sp³-hybridized carbons (Fsp3) is 0.900. The van der Waals surface area contributed by atoms with Crippen LogP contribution < -0.4 is 5.32 Å². The molecule has 1 fully saturated rings. The molecule has 0 saturated carbocycles. The van der Waals surface area contributed by atoms with Crippen molar-refractivity contribution in [3.05, 3.63) is 0 Å². The second kappa shape index (κ2) is 5.22. The van der Waals surface area contributed by atoms with Crippen molar-refractivity contribution in [1.29, 1.82) is 0 Å². The zero-order chi connectivity index (χ0) is 9.68. The minimum atomic E-state index is 0.158. The third-order valence-electron chi connectivity index (χ3n) is 2.18. The Labute approximate surface area is 79.8 Å². The summed E-state index contributed by atoms with van der Waals surface area (Å²) in [5.41, 5.74) is 0. The first-order valence-corrected chi connectivity index (χ1v) is 5.05. The first-order valence-electron chi connectivity index (χ1n) is 5.05. The number of carbonyl (C=O) groups excluding carboxylic acids is 1. The topological polar surface area (TPSA) is 38.3 Å². The molecule has 0 aromatic carbocycles. The van der Waals surface area contributed by atoms with E-state index in [0.717, 1.165) is 26.1 Å². The molecule has 1 aliphatic rings. The monoisotopic (exact) mass is 185 g/mol. The lowest BCUT2D eigenvalue weighted by molar-refractivity contribution is -0.123. The van der Waals surface area contributed by atoms with Crippen LogP contribution >= 0.6 is 0 Å². The second-order valence-electron chi connectivity index (χ2n) is 4.01. The summed E-state index contributed by atoms with van der Waals surface area (Å²) in [5.74, 6) is 0.595. The summed E-state index contributed by atoms with van der Waals surface area (Å²) in [6.07, 6.45) is 2.85. The van der Waals surface area contributed by atoms with Crippen LogP contribution in [0.25, 0.3) is 0 Å². The maximum Gasteiger partial charge on any atom is 0.220 e. The Bertz CT molecular complexity index is 162. The molecule has 13 heavy (non-hydrogen) atoms. The van der Waals surface area contributed by atoms with Crippen molar-refractivity contribution in [3.8, 4) is 0 Å². The predicted molar refractivity (Wildman–Crippen MR) is 51.4 cm³/mol. The standard InChI is InChI=1S/C10H19NO2/c1-8(2)11-10(12)6-9-4-3-5-13-7-9/h8-9H,3-7H2,1-2H3,(H,11,12). The average Bonchev–Trinajstić information content (AvgIpc) is 2.04. The van der Waals surface area contributed by atoms with E-state index in [1.165, 1.54) is 0 Å². The molecule has 0 radical (unpaired) electrons. The lowest BCUT2D eigenvalue weighted by Gasteiger charge is -2.21. The van der Waals surface area contributed by atoms with Crippen molar-refractivity contribution in [1.82, 2.24) is 5.32 Å². The summed E-state index contributed by atoms with van der Waals surface area (Å²) in [4.78, 5) is 11.4. The van der Waals surface area contributed by atoms with Crippen LogP contribution in [-0.4, -0.2) is 25.2 Å². The predicted octanol–water partition coefficient (Wildman–Crippen LogP) is 1.33. The Morgan fingerprint density at radius 3 is 2.92 bits per heavy atom. The summed E-state index contributed by atoms with van der Waals surface area (Å²) in [7, 11) is 0. The van der Waals surface area contributed by atoms with E-state index in [2.05, 4.69) is 5.32 Å². The van der Waals surface area contributed by atoms with E-state index in [-0.39, 0.29) is 11.9 Å². The Balaban J connectivity index is 2.18. The van der Waals surface area contributed by atoms with Crippen LogP contribution in [-0.2, 0) is 9.53 Å². The minimum Gasteiger partial charge on any atom is -0.381 e. The molecule has 76 valence electrons. The van der Waals surface area contributed by atoms with Crippen molar-refractivity contribution >= 4 is 5.91 Å². The molecule has 0 aliphatic carbocycles. The fourth-order valence-electron chi connectivity index (χ4n) is 1.61. The second-order valence-corrected chi connectivity index (χ2v) is 4.01. The van der Waals surface area contributed by atoms with Crippen molar-refractivity contribution in [2.45, 2.75) is 39.2 Å². The molecule has 0 aromatic heterocycles. The van der Waals surface area contributed by atoms with E-state index < -0.39 is 0 Å². The molecular weight excluding hydrogens is 166 g/mol. The zero-order valence-electron chi connectivity index (χ0n) is 8.51. The molecule has 0 aromatic rings. The maximum absolute atomic E-state index is 11.4. The minimum absolute atomic E-state index is 0.158. The van der Waals surface area contributed by atoms with Gasteiger partial charge in [-0.25, -0.2) is 0 Å². The Kier molecular flexibility index (Phi) is 4.22. The molecule has 1 N–H and O–H groups in total. The Morgan fingerprint density at radius 1 is 1.62 bits per heavy atom. The van der Waals surface area contributed by atoms with Gasteiger partial charge < -0.3 is 10.1 Å². The van der Waals surface area contributed by atoms with Crippen molar-refractivity contribution in [2.75, 3.05) is 13.2 Å². The molecule has 1 rings (SSSR count). The molecule has 1 atom stereocenters. The molecule has 3 nitrogen and oxygen atoms in total. The van der Waals surface area contributed by atoms with E-state index in [9.17, 15) is 4.79 Å². The molecule has 3 heteroatoms. The van der Waals surface area contributed by atoms with Crippen molar-refractivity contribution in [3.63, 3.8) is 0 Å². The SMILES string of the molecule is CC(C)NC(=O)CC1CCCOC1. The van der Waals surface area contributed by atoms with Gasteiger partial charge in [-0.2, -0.15) is 0 Å². The van der Waals surface area contributed by atoms with E-state index in [4.69, 9.17) is 4.74 Å². The van der Waals surface area contributed by atoms with E-state index in [1.54, 1.807) is 0 Å². The molecule has 1 unspecified atom stereocenters. The summed E-state index contributed by atoms with van der Waals surface area (Å²) >= 11 is 0. The van der Waals surface area contributed by atoms with Gasteiger partial charge in [-0.3, -0.25) is 4.79 Å². The number of hydrogen-bond donors (Lipinski definition) is 1. The number of ether oxygens (including phenoxy) is 1. The number of nitrogens with one attached hydrogen (secondary N) is 1. The molecule has 1 aliphatic heterocycles. The lowest BCUT2D eigenvalue weighted by atomic mass is 9.98. The van der Waals surface area contributed by atoms with E-state index in [1.807, 2.05) is 13.8 Å². The van der Waals surface area contributed by atoms with E-state index >= 15 is 0 Å². The fourth-order valence-corrected chi connectivity index (χ4v) is 1.61. The number of rotatable bonds is 3. The Hall–Kier alpha value is -0.570. The van der Waals surface area contributed by atoms with Gasteiger partial charge in [-0.1, -0.05) is 0 Å². The van der Waals surface area contributed by atoms with Crippen LogP contribution in [0.4, 0.5) is 0 Å². The van der Waals surface area contributed by atoms with Gasteiger partial charge >= 0.3 is 0 Å². The van der Waals surface area contributed by atoms with Crippen molar-refractivity contribution in [2.24, 2.45) is 5.92 Å². The summed E-state index contributed by atoms with van der Waals surface area (Å²) in [6, 6.07) is 0.247. The summed E-state index contributed by atoms with van der Waals surface area (Å²) in [6.45, 7) is 5.58. The van der Waals surface area contributed by atoms with Crippen LogP contribution in [0.2, 0.25) is 0 Å². The smallest absolute Gasteiger partial charge is 0.220 e. The number of carbonyl (C=O) groups is 1. The summed E-state index contributed by atoms with van der Waals surface area (Å²) < 4.78 is 5.31. The van der Waals surface area contributed by atoms with Crippen LogP contribution in [0.1, 0.15) is 33.1 Å². The molecule has 1 amide bonds. The normalized spacial score (nSPS) is 23.2. The zero-order valence-corrected chi connectivity index (χ0v) is 8.51. The summed E-state index contributed by atoms with van der Waals surface area (Å²) in [5, 5.41) is 2.90. The first-order chi connectivity index (χ1) is 6.18. The van der Waals surface area contributed by atoms with Crippen LogP contribution in [0.5, 0.6) is 0 Å². The van der Waals surface area contributed by atoms with Crippen molar-refractivity contribution < 1.29 is 9.53 Å².